The van der Waals surface area contributed by atoms with E-state index in [9.17, 15) is 0 Å². The van der Waals surface area contributed by atoms with Crippen LogP contribution in [0.25, 0.3) is 0 Å². The van der Waals surface area contributed by atoms with Crippen LogP contribution in [0.15, 0.2) is 30.3 Å². The van der Waals surface area contributed by atoms with Crippen LogP contribution in [0.2, 0.25) is 0 Å². The molecule has 1 heteroatoms. The molecule has 1 aromatic rings. The number of hydrogen-bond acceptors (Lipinski definition) is 0. The highest BCUT2D eigenvalue weighted by molar-refractivity contribution is 9.09. The van der Waals surface area contributed by atoms with Crippen molar-refractivity contribution in [2.24, 2.45) is 5.92 Å². The van der Waals surface area contributed by atoms with Gasteiger partial charge >= 0.3 is 0 Å². The molecule has 0 bridgehead atoms. The van der Waals surface area contributed by atoms with E-state index in [1.54, 1.807) is 0 Å². The predicted octanol–water partition coefficient (Wildman–Crippen LogP) is 5.99. The van der Waals surface area contributed by atoms with E-state index in [0.29, 0.717) is 0 Å². The van der Waals surface area contributed by atoms with E-state index >= 15 is 0 Å². The van der Waals surface area contributed by atoms with Gasteiger partial charge < -0.3 is 0 Å². The molecular formula is C17H27Br. The Hall–Kier alpha value is -0.300. The molecule has 1 rings (SSSR count). The maximum Gasteiger partial charge on any atom is 0.00596 e. The largest absolute Gasteiger partial charge is 0.0925 e. The third-order valence-corrected chi connectivity index (χ3v) is 4.52. The number of unbranched alkanes of at least 4 members (excludes halogenated alkanes) is 3. The second-order valence-corrected chi connectivity index (χ2v) is 5.89. The second-order valence-electron chi connectivity index (χ2n) is 5.25. The first kappa shape index (κ1) is 15.8. The van der Waals surface area contributed by atoms with Crippen molar-refractivity contribution < 1.29 is 0 Å². The van der Waals surface area contributed by atoms with Crippen molar-refractivity contribution >= 4 is 15.9 Å². The van der Waals surface area contributed by atoms with E-state index in [1.807, 2.05) is 0 Å². The lowest BCUT2D eigenvalue weighted by Gasteiger charge is -2.13. The normalized spacial score (nSPS) is 12.6. The van der Waals surface area contributed by atoms with Crippen molar-refractivity contribution in [3.63, 3.8) is 0 Å². The maximum absolute atomic E-state index is 3.67. The van der Waals surface area contributed by atoms with Crippen LogP contribution >= 0.6 is 15.9 Å². The Labute approximate surface area is 121 Å². The van der Waals surface area contributed by atoms with Gasteiger partial charge in [-0.2, -0.15) is 0 Å². The fraction of sp³-hybridized carbons (Fsp3) is 0.647. The lowest BCUT2D eigenvalue weighted by molar-refractivity contribution is 0.456. The summed E-state index contributed by atoms with van der Waals surface area (Å²) in [7, 11) is 0. The molecule has 1 aromatic carbocycles. The Morgan fingerprint density at radius 2 is 1.67 bits per heavy atom. The lowest BCUT2D eigenvalue weighted by Crippen LogP contribution is -2.03. The molecule has 0 saturated heterocycles. The van der Waals surface area contributed by atoms with Gasteiger partial charge in [0.05, 0.1) is 0 Å². The summed E-state index contributed by atoms with van der Waals surface area (Å²) in [5.41, 5.74) is 1.48. The van der Waals surface area contributed by atoms with Crippen molar-refractivity contribution in [2.45, 2.75) is 58.3 Å². The highest BCUT2D eigenvalue weighted by Crippen LogP contribution is 2.19. The smallest absolute Gasteiger partial charge is 0.00596 e. The third kappa shape index (κ3) is 7.20. The van der Waals surface area contributed by atoms with E-state index in [0.717, 1.165) is 5.92 Å². The minimum Gasteiger partial charge on any atom is -0.0925 e. The summed E-state index contributed by atoms with van der Waals surface area (Å²) in [5.74, 6) is 0.880. The van der Waals surface area contributed by atoms with Gasteiger partial charge in [-0.3, -0.25) is 0 Å². The Morgan fingerprint density at radius 3 is 2.33 bits per heavy atom. The Balaban J connectivity index is 2.11. The molecule has 0 aliphatic carbocycles. The highest BCUT2D eigenvalue weighted by Gasteiger charge is 2.06. The van der Waals surface area contributed by atoms with Crippen LogP contribution in [0.3, 0.4) is 0 Å². The van der Waals surface area contributed by atoms with Crippen molar-refractivity contribution in [2.75, 3.05) is 5.33 Å². The molecule has 1 unspecified atom stereocenters. The van der Waals surface area contributed by atoms with Gasteiger partial charge in [0, 0.05) is 5.33 Å². The van der Waals surface area contributed by atoms with E-state index < -0.39 is 0 Å². The first-order chi connectivity index (χ1) is 8.86. The van der Waals surface area contributed by atoms with Crippen molar-refractivity contribution in [3.8, 4) is 0 Å². The molecule has 102 valence electrons. The van der Waals surface area contributed by atoms with Crippen LogP contribution in [0, 0.1) is 5.92 Å². The molecular weight excluding hydrogens is 284 g/mol. The zero-order chi connectivity index (χ0) is 13.1. The summed E-state index contributed by atoms with van der Waals surface area (Å²) in [6.07, 6.45) is 10.9. The van der Waals surface area contributed by atoms with E-state index in [-0.39, 0.29) is 0 Å². The van der Waals surface area contributed by atoms with Crippen LogP contribution < -0.4 is 0 Å². The number of halogens is 1. The molecule has 0 aliphatic rings. The zero-order valence-electron chi connectivity index (χ0n) is 11.7. The van der Waals surface area contributed by atoms with Gasteiger partial charge in [-0.1, -0.05) is 78.9 Å². The first-order valence-corrected chi connectivity index (χ1v) is 8.58. The first-order valence-electron chi connectivity index (χ1n) is 7.46. The van der Waals surface area contributed by atoms with Crippen LogP contribution in [0.1, 0.15) is 57.4 Å². The molecule has 0 saturated carbocycles. The topological polar surface area (TPSA) is 0 Å². The SMILES string of the molecule is CCCCCCC(CBr)CCCc1ccccc1. The predicted molar refractivity (Wildman–Crippen MR) is 85.4 cm³/mol. The molecule has 0 heterocycles. The number of hydrogen-bond donors (Lipinski definition) is 0. The molecule has 1 atom stereocenters. The standard InChI is InChI=1S/C17H27Br/c1-2-3-4-6-12-17(15-18)14-9-13-16-10-7-5-8-11-16/h5,7-8,10-11,17H,2-4,6,9,12-15H2,1H3. The number of rotatable bonds is 10. The van der Waals surface area contributed by atoms with Crippen molar-refractivity contribution in [1.82, 2.24) is 0 Å². The van der Waals surface area contributed by atoms with Gasteiger partial charge in [0.1, 0.15) is 0 Å². The second kappa shape index (κ2) is 10.6. The van der Waals surface area contributed by atoms with Gasteiger partial charge in [0.25, 0.3) is 0 Å². The number of alkyl halides is 1. The molecule has 0 aromatic heterocycles. The highest BCUT2D eigenvalue weighted by atomic mass is 79.9. The van der Waals surface area contributed by atoms with Crippen LogP contribution in [0.5, 0.6) is 0 Å². The summed E-state index contributed by atoms with van der Waals surface area (Å²) in [5, 5.41) is 1.17. The molecule has 18 heavy (non-hydrogen) atoms. The molecule has 0 nitrogen and oxygen atoms in total. The summed E-state index contributed by atoms with van der Waals surface area (Å²) in [4.78, 5) is 0. The number of aryl methyl sites for hydroxylation is 1. The molecule has 0 N–H and O–H groups in total. The molecule has 0 aliphatic heterocycles. The third-order valence-electron chi connectivity index (χ3n) is 3.60. The van der Waals surface area contributed by atoms with Crippen molar-refractivity contribution in [3.05, 3.63) is 35.9 Å². The molecule has 0 spiro atoms. The van der Waals surface area contributed by atoms with Gasteiger partial charge in [-0.05, 0) is 37.2 Å². The fourth-order valence-electron chi connectivity index (χ4n) is 2.40. The van der Waals surface area contributed by atoms with Crippen LogP contribution in [0.4, 0.5) is 0 Å². The van der Waals surface area contributed by atoms with Gasteiger partial charge in [-0.25, -0.2) is 0 Å². The summed E-state index contributed by atoms with van der Waals surface area (Å²) in [6.45, 7) is 2.28. The molecule has 0 fully saturated rings. The van der Waals surface area contributed by atoms with E-state index in [4.69, 9.17) is 0 Å². The minimum absolute atomic E-state index is 0.880. The van der Waals surface area contributed by atoms with E-state index in [2.05, 4.69) is 53.2 Å². The summed E-state index contributed by atoms with van der Waals surface area (Å²) < 4.78 is 0. The zero-order valence-corrected chi connectivity index (χ0v) is 13.3. The maximum atomic E-state index is 3.67. The Bertz CT molecular complexity index is 281. The van der Waals surface area contributed by atoms with Crippen molar-refractivity contribution in [1.29, 1.82) is 0 Å². The van der Waals surface area contributed by atoms with Crippen LogP contribution in [-0.4, -0.2) is 5.33 Å². The quantitative estimate of drug-likeness (QED) is 0.368. The summed E-state index contributed by atoms with van der Waals surface area (Å²) in [6, 6.07) is 10.9. The van der Waals surface area contributed by atoms with Gasteiger partial charge in [0.2, 0.25) is 0 Å². The Kier molecular flexibility index (Phi) is 9.28. The van der Waals surface area contributed by atoms with Gasteiger partial charge in [-0.15, -0.1) is 0 Å². The average molecular weight is 311 g/mol. The van der Waals surface area contributed by atoms with E-state index in [1.165, 1.54) is 62.3 Å². The lowest BCUT2D eigenvalue weighted by atomic mass is 9.96. The molecule has 0 amide bonds. The van der Waals surface area contributed by atoms with Gasteiger partial charge in [0.15, 0.2) is 0 Å². The monoisotopic (exact) mass is 310 g/mol. The summed E-state index contributed by atoms with van der Waals surface area (Å²) >= 11 is 3.67. The fourth-order valence-corrected chi connectivity index (χ4v) is 3.05. The average Bonchev–Trinajstić information content (AvgIpc) is 2.42. The van der Waals surface area contributed by atoms with Crippen LogP contribution in [-0.2, 0) is 6.42 Å². The molecule has 0 radical (unpaired) electrons. The Morgan fingerprint density at radius 1 is 0.944 bits per heavy atom. The minimum atomic E-state index is 0.880. The number of benzene rings is 1.